The highest BCUT2D eigenvalue weighted by Crippen LogP contribution is 2.30. The van der Waals surface area contributed by atoms with Crippen molar-refractivity contribution >= 4 is 5.69 Å². The summed E-state index contributed by atoms with van der Waals surface area (Å²) in [6, 6.07) is 3.08. The van der Waals surface area contributed by atoms with Crippen LogP contribution in [0.4, 0.5) is 5.69 Å². The van der Waals surface area contributed by atoms with Gasteiger partial charge in [0.1, 0.15) is 0 Å². The molecule has 0 amide bonds. The number of methoxy groups -OCH3 is 1. The van der Waals surface area contributed by atoms with E-state index in [2.05, 4.69) is 36.6 Å². The first kappa shape index (κ1) is 15.8. The number of aromatic nitrogens is 1. The minimum Gasteiger partial charge on any atom is -0.375 e. The van der Waals surface area contributed by atoms with Gasteiger partial charge < -0.3 is 9.64 Å². The minimum absolute atomic E-state index is 0.0538. The largest absolute Gasteiger partial charge is 0.375 e. The fourth-order valence-electron chi connectivity index (χ4n) is 3.79. The molecule has 22 heavy (non-hydrogen) atoms. The zero-order valence-electron chi connectivity index (χ0n) is 14.4. The number of piperazine rings is 1. The normalized spacial score (nSPS) is 23.9. The Morgan fingerprint density at radius 2 is 2.05 bits per heavy atom. The van der Waals surface area contributed by atoms with Gasteiger partial charge in [-0.3, -0.25) is 9.88 Å². The molecule has 2 aliphatic rings. The predicted octanol–water partition coefficient (Wildman–Crippen LogP) is 3.20. The van der Waals surface area contributed by atoms with E-state index in [1.54, 1.807) is 7.11 Å². The molecule has 122 valence electrons. The number of rotatable bonds is 4. The second-order valence-electron chi connectivity index (χ2n) is 6.98. The third kappa shape index (κ3) is 2.99. The lowest BCUT2D eigenvalue weighted by atomic mass is 9.98. The van der Waals surface area contributed by atoms with Crippen LogP contribution in [0.2, 0.25) is 0 Å². The molecule has 0 bridgehead atoms. The maximum absolute atomic E-state index is 5.49. The van der Waals surface area contributed by atoms with E-state index in [1.165, 1.54) is 37.2 Å². The third-order valence-electron chi connectivity index (χ3n) is 5.25. The molecule has 1 aromatic rings. The van der Waals surface area contributed by atoms with E-state index in [0.29, 0.717) is 5.92 Å². The van der Waals surface area contributed by atoms with Crippen molar-refractivity contribution in [2.45, 2.75) is 51.7 Å². The monoisotopic (exact) mass is 303 g/mol. The molecule has 3 heterocycles. The zero-order valence-corrected chi connectivity index (χ0v) is 14.4. The number of pyridine rings is 1. The predicted molar refractivity (Wildman–Crippen MR) is 90.6 cm³/mol. The topological polar surface area (TPSA) is 28.6 Å². The lowest BCUT2D eigenvalue weighted by Crippen LogP contribution is -2.50. The average molecular weight is 303 g/mol. The van der Waals surface area contributed by atoms with Gasteiger partial charge in [-0.15, -0.1) is 0 Å². The van der Waals surface area contributed by atoms with Crippen molar-refractivity contribution in [2.24, 2.45) is 0 Å². The molecule has 4 heteroatoms. The van der Waals surface area contributed by atoms with Crippen LogP contribution in [0.3, 0.4) is 0 Å². The summed E-state index contributed by atoms with van der Waals surface area (Å²) in [5, 5.41) is 0. The summed E-state index contributed by atoms with van der Waals surface area (Å²) in [5.74, 6) is 0.466. The molecule has 1 aromatic heterocycles. The van der Waals surface area contributed by atoms with Crippen LogP contribution < -0.4 is 4.90 Å². The van der Waals surface area contributed by atoms with Crippen LogP contribution in [0.5, 0.6) is 0 Å². The fourth-order valence-corrected chi connectivity index (χ4v) is 3.79. The van der Waals surface area contributed by atoms with E-state index in [0.717, 1.165) is 24.8 Å². The molecule has 0 spiro atoms. The second kappa shape index (κ2) is 6.55. The van der Waals surface area contributed by atoms with Crippen molar-refractivity contribution < 1.29 is 4.74 Å². The van der Waals surface area contributed by atoms with Gasteiger partial charge in [-0.1, -0.05) is 13.8 Å². The molecule has 2 unspecified atom stereocenters. The number of fused-ring (bicyclic) bond motifs is 1. The summed E-state index contributed by atoms with van der Waals surface area (Å²) in [6.07, 6.45) is 4.80. The first-order valence-electron chi connectivity index (χ1n) is 8.61. The maximum atomic E-state index is 5.49. The van der Waals surface area contributed by atoms with E-state index in [-0.39, 0.29) is 6.10 Å². The van der Waals surface area contributed by atoms with Gasteiger partial charge in [0.05, 0.1) is 23.7 Å². The fraction of sp³-hybridized carbons (Fsp3) is 0.722. The van der Waals surface area contributed by atoms with E-state index in [4.69, 9.17) is 9.72 Å². The highest BCUT2D eigenvalue weighted by Gasteiger charge is 2.31. The Hall–Kier alpha value is -1.13. The summed E-state index contributed by atoms with van der Waals surface area (Å²) >= 11 is 0. The van der Waals surface area contributed by atoms with Crippen molar-refractivity contribution in [3.05, 3.63) is 23.5 Å². The summed E-state index contributed by atoms with van der Waals surface area (Å²) in [5.41, 5.74) is 3.68. The van der Waals surface area contributed by atoms with E-state index < -0.39 is 0 Å². The summed E-state index contributed by atoms with van der Waals surface area (Å²) in [6.45, 7) is 11.3. The number of ether oxygens (including phenoxy) is 1. The number of nitrogens with zero attached hydrogens (tertiary/aromatic N) is 3. The maximum Gasteiger partial charge on any atom is 0.0965 e. The lowest BCUT2D eigenvalue weighted by molar-refractivity contribution is 0.115. The molecule has 2 atom stereocenters. The molecule has 0 aliphatic carbocycles. The van der Waals surface area contributed by atoms with Gasteiger partial charge in [0.25, 0.3) is 0 Å². The zero-order chi connectivity index (χ0) is 15.7. The van der Waals surface area contributed by atoms with Gasteiger partial charge in [-0.2, -0.15) is 0 Å². The Bertz CT molecular complexity index is 517. The van der Waals surface area contributed by atoms with Crippen molar-refractivity contribution in [1.82, 2.24) is 9.88 Å². The minimum atomic E-state index is 0.0538. The molecule has 0 radical (unpaired) electrons. The van der Waals surface area contributed by atoms with Crippen LogP contribution in [0.1, 0.15) is 56.9 Å². The SMILES string of the molecule is COC(C)c1ncc(N2CCN3CCCC3C2)cc1C(C)C. The molecule has 2 fully saturated rings. The summed E-state index contributed by atoms with van der Waals surface area (Å²) in [4.78, 5) is 9.92. The van der Waals surface area contributed by atoms with Crippen LogP contribution >= 0.6 is 0 Å². The second-order valence-corrected chi connectivity index (χ2v) is 6.98. The number of hydrogen-bond acceptors (Lipinski definition) is 4. The molecule has 0 aromatic carbocycles. The van der Waals surface area contributed by atoms with Gasteiger partial charge in [0, 0.05) is 32.8 Å². The van der Waals surface area contributed by atoms with Crippen LogP contribution in [0.15, 0.2) is 12.3 Å². The number of hydrogen-bond donors (Lipinski definition) is 0. The van der Waals surface area contributed by atoms with Crippen molar-refractivity contribution in [3.63, 3.8) is 0 Å². The molecular formula is C18H29N3O. The Morgan fingerprint density at radius 3 is 2.77 bits per heavy atom. The summed E-state index contributed by atoms with van der Waals surface area (Å²) in [7, 11) is 1.75. The quantitative estimate of drug-likeness (QED) is 0.854. The Balaban J connectivity index is 1.83. The first-order valence-corrected chi connectivity index (χ1v) is 8.61. The highest BCUT2D eigenvalue weighted by molar-refractivity contribution is 5.49. The van der Waals surface area contributed by atoms with Gasteiger partial charge in [-0.25, -0.2) is 0 Å². The average Bonchev–Trinajstić information content (AvgIpc) is 3.01. The third-order valence-corrected chi connectivity index (χ3v) is 5.25. The van der Waals surface area contributed by atoms with Crippen molar-refractivity contribution in [2.75, 3.05) is 38.2 Å². The van der Waals surface area contributed by atoms with Crippen LogP contribution in [-0.2, 0) is 4.74 Å². The van der Waals surface area contributed by atoms with Crippen molar-refractivity contribution in [3.8, 4) is 0 Å². The van der Waals surface area contributed by atoms with Gasteiger partial charge in [0.2, 0.25) is 0 Å². The highest BCUT2D eigenvalue weighted by atomic mass is 16.5. The van der Waals surface area contributed by atoms with Crippen LogP contribution in [0, 0.1) is 0 Å². The Kier molecular flexibility index (Phi) is 4.69. The van der Waals surface area contributed by atoms with E-state index >= 15 is 0 Å². The van der Waals surface area contributed by atoms with Crippen LogP contribution in [-0.4, -0.2) is 49.2 Å². The molecule has 4 nitrogen and oxygen atoms in total. The van der Waals surface area contributed by atoms with Crippen LogP contribution in [0.25, 0.3) is 0 Å². The molecular weight excluding hydrogens is 274 g/mol. The molecule has 0 saturated carbocycles. The smallest absolute Gasteiger partial charge is 0.0965 e. The van der Waals surface area contributed by atoms with E-state index in [9.17, 15) is 0 Å². The molecule has 2 aliphatic heterocycles. The van der Waals surface area contributed by atoms with E-state index in [1.807, 2.05) is 6.20 Å². The molecule has 2 saturated heterocycles. The molecule has 0 N–H and O–H groups in total. The Labute approximate surface area is 134 Å². The van der Waals surface area contributed by atoms with Gasteiger partial charge in [-0.05, 0) is 43.9 Å². The standard InChI is InChI=1S/C18H29N3O/c1-13(2)17-10-16(11-19-18(17)14(3)22-4)21-9-8-20-7-5-6-15(20)12-21/h10-11,13-15H,5-9,12H2,1-4H3. The summed E-state index contributed by atoms with van der Waals surface area (Å²) < 4.78 is 5.49. The lowest BCUT2D eigenvalue weighted by Gasteiger charge is -2.39. The first-order chi connectivity index (χ1) is 10.6. The van der Waals surface area contributed by atoms with Gasteiger partial charge in [0.15, 0.2) is 0 Å². The number of anilines is 1. The van der Waals surface area contributed by atoms with Gasteiger partial charge >= 0.3 is 0 Å². The molecule has 3 rings (SSSR count). The Morgan fingerprint density at radius 1 is 1.23 bits per heavy atom. The van der Waals surface area contributed by atoms with Crippen molar-refractivity contribution in [1.29, 1.82) is 0 Å².